The van der Waals surface area contributed by atoms with Gasteiger partial charge in [0.25, 0.3) is 0 Å². The molecule has 2 aromatic heterocycles. The largest absolute Gasteiger partial charge is 0.480 e. The number of fused-ring (bicyclic) bond motifs is 1. The van der Waals surface area contributed by atoms with Gasteiger partial charge >= 0.3 is 5.97 Å². The number of aromatic nitrogens is 3. The lowest BCUT2D eigenvalue weighted by atomic mass is 10.0. The number of carboxylic acid groups (broad SMARTS) is 1. The number of para-hydroxylation sites is 1. The van der Waals surface area contributed by atoms with Gasteiger partial charge in [0.05, 0.1) is 19.0 Å². The molecule has 13 N–H and O–H groups in total. The van der Waals surface area contributed by atoms with Crippen LogP contribution in [0.15, 0.2) is 48.0 Å². The lowest BCUT2D eigenvalue weighted by Gasteiger charge is -2.25. The fourth-order valence-corrected chi connectivity index (χ4v) is 4.24. The number of carbonyl (C=O) groups excluding carboxylic acids is 3. The molecule has 0 bridgehead atoms. The first-order valence-corrected chi connectivity index (χ1v) is 13.2. The van der Waals surface area contributed by atoms with E-state index >= 15 is 0 Å². The summed E-state index contributed by atoms with van der Waals surface area (Å²) in [7, 11) is 0. The Balaban J connectivity index is 1.75. The minimum Gasteiger partial charge on any atom is -0.480 e. The van der Waals surface area contributed by atoms with E-state index in [1.54, 1.807) is 6.20 Å². The maximum atomic E-state index is 13.4. The summed E-state index contributed by atoms with van der Waals surface area (Å²) >= 11 is 0. The number of guanidine groups is 1. The first-order chi connectivity index (χ1) is 20.1. The zero-order valence-corrected chi connectivity index (χ0v) is 22.7. The molecule has 16 nitrogen and oxygen atoms in total. The Kier molecular flexibility index (Phi) is 11.4. The summed E-state index contributed by atoms with van der Waals surface area (Å²) in [5, 5.41) is 26.9. The zero-order chi connectivity index (χ0) is 30.6. The summed E-state index contributed by atoms with van der Waals surface area (Å²) in [5.74, 6) is -3.78. The van der Waals surface area contributed by atoms with Crippen molar-refractivity contribution in [3.63, 3.8) is 0 Å². The molecule has 0 saturated carbocycles. The fraction of sp³-hybridized carbons (Fsp3) is 0.385. The number of rotatable bonds is 16. The summed E-state index contributed by atoms with van der Waals surface area (Å²) in [6.45, 7) is -0.718. The second-order valence-corrected chi connectivity index (χ2v) is 9.60. The van der Waals surface area contributed by atoms with Crippen molar-refractivity contribution in [3.05, 3.63) is 54.2 Å². The number of nitrogens with two attached hydrogens (primary N) is 3. The number of aromatic amines is 2. The molecule has 0 spiro atoms. The van der Waals surface area contributed by atoms with Crippen molar-refractivity contribution >= 4 is 40.6 Å². The molecule has 0 fully saturated rings. The Labute approximate surface area is 240 Å². The van der Waals surface area contributed by atoms with Crippen LogP contribution in [0.3, 0.4) is 0 Å². The number of hydrogen-bond donors (Lipinski definition) is 10. The van der Waals surface area contributed by atoms with Gasteiger partial charge in [0.15, 0.2) is 5.96 Å². The summed E-state index contributed by atoms with van der Waals surface area (Å²) in [4.78, 5) is 64.6. The molecule has 1 aromatic carbocycles. The van der Waals surface area contributed by atoms with Crippen molar-refractivity contribution in [3.8, 4) is 0 Å². The van der Waals surface area contributed by atoms with Gasteiger partial charge in [-0.15, -0.1) is 0 Å². The van der Waals surface area contributed by atoms with Gasteiger partial charge in [0.1, 0.15) is 18.1 Å². The number of aliphatic imine (C=N–C) groups is 1. The van der Waals surface area contributed by atoms with Crippen LogP contribution in [0.25, 0.3) is 10.9 Å². The lowest BCUT2D eigenvalue weighted by Crippen LogP contribution is -2.58. The molecule has 42 heavy (non-hydrogen) atoms. The molecule has 0 radical (unpaired) electrons. The van der Waals surface area contributed by atoms with Gasteiger partial charge in [-0.2, -0.15) is 0 Å². The number of H-pyrrole nitrogens is 2. The number of aliphatic carboxylic acids is 1. The molecule has 2 heterocycles. The average molecular weight is 585 g/mol. The number of amides is 3. The van der Waals surface area contributed by atoms with Gasteiger partial charge in [0, 0.05) is 42.0 Å². The number of aliphatic hydroxyl groups is 1. The third-order valence-corrected chi connectivity index (χ3v) is 6.44. The molecule has 3 rings (SSSR count). The first kappa shape index (κ1) is 31.6. The van der Waals surface area contributed by atoms with Gasteiger partial charge in [-0.3, -0.25) is 19.4 Å². The molecule has 3 amide bonds. The SMILES string of the molecule is NC(N)=NCCCC(NC(=O)C(Cc1cnc[nH]1)NC(=O)C(N)Cc1c[nH]c2ccccc12)C(=O)NC(CO)C(=O)O. The first-order valence-electron chi connectivity index (χ1n) is 13.2. The molecular weight excluding hydrogens is 548 g/mol. The molecule has 4 unspecified atom stereocenters. The Morgan fingerprint density at radius 3 is 2.31 bits per heavy atom. The van der Waals surface area contributed by atoms with Gasteiger partial charge in [0.2, 0.25) is 17.7 Å². The number of benzene rings is 1. The van der Waals surface area contributed by atoms with E-state index in [1.165, 1.54) is 12.5 Å². The topological polar surface area (TPSA) is 280 Å². The fourth-order valence-electron chi connectivity index (χ4n) is 4.24. The van der Waals surface area contributed by atoms with Crippen molar-refractivity contribution in [2.75, 3.05) is 13.2 Å². The maximum absolute atomic E-state index is 13.4. The molecular formula is C26H36N10O6. The standard InChI is InChI=1S/C26H36N10O6/c27-17(8-14-10-32-18-5-2-1-4-16(14)18)22(38)35-20(9-15-11-30-13-33-15)24(40)34-19(6-3-7-31-26(28)29)23(39)36-21(12-37)25(41)42/h1-2,4-5,10-11,13,17,19-21,32,37H,3,6-9,12,27H2,(H,30,33)(H,34,40)(H,35,38)(H,36,39)(H,41,42)(H4,28,29,31). The van der Waals surface area contributed by atoms with Crippen LogP contribution in [0.1, 0.15) is 24.1 Å². The van der Waals surface area contributed by atoms with Gasteiger partial charge in [-0.25, -0.2) is 9.78 Å². The smallest absolute Gasteiger partial charge is 0.328 e. The predicted molar refractivity (Wildman–Crippen MR) is 153 cm³/mol. The maximum Gasteiger partial charge on any atom is 0.328 e. The van der Waals surface area contributed by atoms with Crippen molar-refractivity contribution in [1.82, 2.24) is 30.9 Å². The van der Waals surface area contributed by atoms with Crippen LogP contribution in [0.5, 0.6) is 0 Å². The number of hydrogen-bond acceptors (Lipinski definition) is 8. The van der Waals surface area contributed by atoms with Crippen LogP contribution < -0.4 is 33.2 Å². The number of imidazole rings is 1. The molecule has 0 aliphatic rings. The van der Waals surface area contributed by atoms with Gasteiger partial charge in [-0.1, -0.05) is 18.2 Å². The van der Waals surface area contributed by atoms with Crippen LogP contribution in [0.4, 0.5) is 0 Å². The van der Waals surface area contributed by atoms with Crippen molar-refractivity contribution < 1.29 is 29.4 Å². The Bertz CT molecular complexity index is 1390. The minimum atomic E-state index is -1.59. The number of nitrogens with one attached hydrogen (secondary N) is 5. The minimum absolute atomic E-state index is 0.00584. The van der Waals surface area contributed by atoms with Crippen LogP contribution in [-0.2, 0) is 32.0 Å². The van der Waals surface area contributed by atoms with E-state index in [9.17, 15) is 29.4 Å². The second kappa shape index (κ2) is 15.2. The molecule has 0 saturated heterocycles. The second-order valence-electron chi connectivity index (χ2n) is 9.60. The molecule has 0 aliphatic carbocycles. The van der Waals surface area contributed by atoms with Crippen LogP contribution in [-0.4, -0.2) is 92.1 Å². The third kappa shape index (κ3) is 9.03. The van der Waals surface area contributed by atoms with Gasteiger partial charge in [-0.05, 0) is 30.9 Å². The third-order valence-electron chi connectivity index (χ3n) is 6.44. The molecule has 0 aliphatic heterocycles. The number of nitrogens with zero attached hydrogens (tertiary/aromatic N) is 2. The monoisotopic (exact) mass is 584 g/mol. The van der Waals surface area contributed by atoms with Crippen LogP contribution in [0, 0.1) is 0 Å². The van der Waals surface area contributed by atoms with E-state index in [-0.39, 0.29) is 38.2 Å². The predicted octanol–water partition coefficient (Wildman–Crippen LogP) is -2.41. The quantitative estimate of drug-likeness (QED) is 0.0483. The van der Waals surface area contributed by atoms with E-state index in [1.807, 2.05) is 24.3 Å². The normalized spacial score (nSPS) is 13.9. The Morgan fingerprint density at radius 2 is 1.64 bits per heavy atom. The number of aliphatic hydroxyl groups excluding tert-OH is 1. The van der Waals surface area contributed by atoms with Crippen molar-refractivity contribution in [2.45, 2.75) is 49.9 Å². The van der Waals surface area contributed by atoms with E-state index in [0.29, 0.717) is 5.69 Å². The highest BCUT2D eigenvalue weighted by molar-refractivity contribution is 5.94. The molecule has 4 atom stereocenters. The van der Waals surface area contributed by atoms with Crippen molar-refractivity contribution in [2.24, 2.45) is 22.2 Å². The van der Waals surface area contributed by atoms with E-state index in [0.717, 1.165) is 16.5 Å². The van der Waals surface area contributed by atoms with Gasteiger partial charge < -0.3 is 53.3 Å². The Hall–Kier alpha value is -4.96. The summed E-state index contributed by atoms with van der Waals surface area (Å²) in [6, 6.07) is 2.57. The molecule has 3 aromatic rings. The highest BCUT2D eigenvalue weighted by atomic mass is 16.4. The summed E-state index contributed by atoms with van der Waals surface area (Å²) in [5.41, 5.74) is 19.1. The highest BCUT2D eigenvalue weighted by Gasteiger charge is 2.30. The van der Waals surface area contributed by atoms with E-state index in [4.69, 9.17) is 17.2 Å². The van der Waals surface area contributed by atoms with E-state index in [2.05, 4.69) is 35.9 Å². The molecule has 226 valence electrons. The number of carboxylic acids is 1. The summed E-state index contributed by atoms with van der Waals surface area (Å²) in [6.07, 6.45) is 5.13. The Morgan fingerprint density at radius 1 is 0.952 bits per heavy atom. The van der Waals surface area contributed by atoms with Crippen LogP contribution in [0.2, 0.25) is 0 Å². The van der Waals surface area contributed by atoms with E-state index < -0.39 is 54.5 Å². The van der Waals surface area contributed by atoms with Crippen molar-refractivity contribution in [1.29, 1.82) is 0 Å². The molecule has 16 heteroatoms. The lowest BCUT2D eigenvalue weighted by molar-refractivity contribution is -0.143. The zero-order valence-electron chi connectivity index (χ0n) is 22.7. The highest BCUT2D eigenvalue weighted by Crippen LogP contribution is 2.19. The van der Waals surface area contributed by atoms with Crippen LogP contribution >= 0.6 is 0 Å². The average Bonchev–Trinajstić information content (AvgIpc) is 3.62. The summed E-state index contributed by atoms with van der Waals surface area (Å²) < 4.78 is 0. The number of carbonyl (C=O) groups is 4.